The Morgan fingerprint density at radius 2 is 1.84 bits per heavy atom. The summed E-state index contributed by atoms with van der Waals surface area (Å²) in [7, 11) is 0. The Hall–Kier alpha value is -2.62. The molecule has 0 fully saturated rings. The van der Waals surface area contributed by atoms with Crippen LogP contribution in [0.2, 0.25) is 0 Å². The highest BCUT2D eigenvalue weighted by atomic mass is 16.3. The van der Waals surface area contributed by atoms with Crippen LogP contribution in [0.4, 0.5) is 5.82 Å². The second-order valence-electron chi connectivity index (χ2n) is 4.27. The lowest BCUT2D eigenvalue weighted by molar-refractivity contribution is 0.476. The molecule has 0 saturated heterocycles. The van der Waals surface area contributed by atoms with Gasteiger partial charge in [-0.05, 0) is 41.3 Å². The number of aromatic nitrogens is 2. The lowest BCUT2D eigenvalue weighted by atomic mass is 10.1. The number of hydrogen-bond donors (Lipinski definition) is 2. The van der Waals surface area contributed by atoms with Crippen LogP contribution in [0.25, 0.3) is 10.8 Å². The van der Waals surface area contributed by atoms with E-state index in [0.717, 1.165) is 22.2 Å². The predicted molar refractivity (Wildman–Crippen MR) is 75.0 cm³/mol. The summed E-state index contributed by atoms with van der Waals surface area (Å²) in [5.74, 6) is 1.01. The minimum atomic E-state index is 0.243. The monoisotopic (exact) mass is 251 g/mol. The highest BCUT2D eigenvalue weighted by Crippen LogP contribution is 2.25. The van der Waals surface area contributed by atoms with Gasteiger partial charge in [-0.2, -0.15) is 0 Å². The second-order valence-corrected chi connectivity index (χ2v) is 4.27. The number of pyridine rings is 2. The molecule has 0 bridgehead atoms. The molecule has 4 nitrogen and oxygen atoms in total. The minimum absolute atomic E-state index is 0.243. The Kier molecular flexibility index (Phi) is 2.98. The highest BCUT2D eigenvalue weighted by molar-refractivity contribution is 5.92. The van der Waals surface area contributed by atoms with Crippen LogP contribution in [0.3, 0.4) is 0 Å². The Morgan fingerprint density at radius 3 is 2.68 bits per heavy atom. The SMILES string of the molecule is Oc1ccc2ccnc(NCc3ccncc3)c2c1. The molecule has 2 N–H and O–H groups in total. The molecule has 3 rings (SSSR count). The van der Waals surface area contributed by atoms with Crippen molar-refractivity contribution in [2.24, 2.45) is 0 Å². The van der Waals surface area contributed by atoms with Crippen LogP contribution in [0.15, 0.2) is 55.0 Å². The van der Waals surface area contributed by atoms with E-state index in [0.29, 0.717) is 6.54 Å². The minimum Gasteiger partial charge on any atom is -0.508 e. The van der Waals surface area contributed by atoms with Crippen molar-refractivity contribution in [3.8, 4) is 5.75 Å². The summed E-state index contributed by atoms with van der Waals surface area (Å²) in [4.78, 5) is 8.31. The van der Waals surface area contributed by atoms with E-state index in [9.17, 15) is 5.11 Å². The Bertz CT molecular complexity index is 698. The fourth-order valence-corrected chi connectivity index (χ4v) is 1.98. The average molecular weight is 251 g/mol. The van der Waals surface area contributed by atoms with Crippen LogP contribution in [0.1, 0.15) is 5.56 Å². The van der Waals surface area contributed by atoms with E-state index in [1.54, 1.807) is 30.7 Å². The summed E-state index contributed by atoms with van der Waals surface area (Å²) < 4.78 is 0. The van der Waals surface area contributed by atoms with Gasteiger partial charge >= 0.3 is 0 Å². The third-order valence-electron chi connectivity index (χ3n) is 2.96. The molecule has 0 aliphatic heterocycles. The van der Waals surface area contributed by atoms with Gasteiger partial charge in [0.15, 0.2) is 0 Å². The van der Waals surface area contributed by atoms with Crippen molar-refractivity contribution in [2.75, 3.05) is 5.32 Å². The molecule has 1 aromatic carbocycles. The number of phenolic OH excluding ortho intramolecular Hbond substituents is 1. The van der Waals surface area contributed by atoms with Gasteiger partial charge in [0, 0.05) is 30.5 Å². The molecule has 2 aromatic heterocycles. The average Bonchev–Trinajstić information content (AvgIpc) is 2.46. The van der Waals surface area contributed by atoms with Gasteiger partial charge in [0.2, 0.25) is 0 Å². The zero-order valence-electron chi connectivity index (χ0n) is 10.2. The van der Waals surface area contributed by atoms with E-state index in [4.69, 9.17) is 0 Å². The maximum Gasteiger partial charge on any atom is 0.134 e. The molecule has 0 amide bonds. The molecule has 0 radical (unpaired) electrons. The highest BCUT2D eigenvalue weighted by Gasteiger charge is 2.03. The Balaban J connectivity index is 1.90. The molecule has 3 aromatic rings. The molecule has 94 valence electrons. The number of fused-ring (bicyclic) bond motifs is 1. The van der Waals surface area contributed by atoms with Crippen molar-refractivity contribution >= 4 is 16.6 Å². The van der Waals surface area contributed by atoms with E-state index in [1.165, 1.54) is 0 Å². The van der Waals surface area contributed by atoms with E-state index in [-0.39, 0.29) is 5.75 Å². The predicted octanol–water partition coefficient (Wildman–Crippen LogP) is 2.95. The zero-order valence-corrected chi connectivity index (χ0v) is 10.2. The summed E-state index contributed by atoms with van der Waals surface area (Å²) in [6, 6.07) is 11.1. The number of rotatable bonds is 3. The van der Waals surface area contributed by atoms with Crippen molar-refractivity contribution in [3.05, 3.63) is 60.6 Å². The van der Waals surface area contributed by atoms with Gasteiger partial charge in [-0.15, -0.1) is 0 Å². The zero-order chi connectivity index (χ0) is 13.1. The quantitative estimate of drug-likeness (QED) is 0.751. The summed E-state index contributed by atoms with van der Waals surface area (Å²) in [5.41, 5.74) is 1.13. The number of hydrogen-bond acceptors (Lipinski definition) is 4. The lowest BCUT2D eigenvalue weighted by Crippen LogP contribution is -2.01. The normalized spacial score (nSPS) is 10.5. The largest absolute Gasteiger partial charge is 0.508 e. The van der Waals surface area contributed by atoms with Gasteiger partial charge in [-0.25, -0.2) is 4.98 Å². The number of benzene rings is 1. The van der Waals surface area contributed by atoms with Crippen molar-refractivity contribution in [1.82, 2.24) is 9.97 Å². The lowest BCUT2D eigenvalue weighted by Gasteiger charge is -2.09. The molecule has 4 heteroatoms. The van der Waals surface area contributed by atoms with Crippen LogP contribution in [0.5, 0.6) is 5.75 Å². The van der Waals surface area contributed by atoms with E-state index >= 15 is 0 Å². The third kappa shape index (κ3) is 2.47. The fraction of sp³-hybridized carbons (Fsp3) is 0.0667. The first-order chi connectivity index (χ1) is 9.33. The van der Waals surface area contributed by atoms with Crippen LogP contribution in [0, 0.1) is 0 Å². The fourth-order valence-electron chi connectivity index (χ4n) is 1.98. The Morgan fingerprint density at radius 1 is 1.00 bits per heavy atom. The van der Waals surface area contributed by atoms with Gasteiger partial charge in [-0.1, -0.05) is 6.07 Å². The Labute approximate surface area is 110 Å². The van der Waals surface area contributed by atoms with Gasteiger partial charge < -0.3 is 10.4 Å². The summed E-state index contributed by atoms with van der Waals surface area (Å²) >= 11 is 0. The molecule has 0 aliphatic carbocycles. The molecular formula is C15H13N3O. The first kappa shape index (κ1) is 11.5. The van der Waals surface area contributed by atoms with E-state index in [2.05, 4.69) is 15.3 Å². The maximum absolute atomic E-state index is 9.58. The van der Waals surface area contributed by atoms with Gasteiger partial charge in [-0.3, -0.25) is 4.98 Å². The first-order valence-corrected chi connectivity index (χ1v) is 6.03. The van der Waals surface area contributed by atoms with Crippen LogP contribution < -0.4 is 5.32 Å². The van der Waals surface area contributed by atoms with E-state index in [1.807, 2.05) is 24.3 Å². The molecule has 0 aliphatic rings. The summed E-state index contributed by atoms with van der Waals surface area (Å²) in [6.45, 7) is 0.671. The van der Waals surface area contributed by atoms with Crippen LogP contribution in [-0.4, -0.2) is 15.1 Å². The molecule has 0 spiro atoms. The smallest absolute Gasteiger partial charge is 0.134 e. The first-order valence-electron chi connectivity index (χ1n) is 6.03. The summed E-state index contributed by atoms with van der Waals surface area (Å²) in [6.07, 6.45) is 5.28. The molecule has 2 heterocycles. The number of phenols is 1. The maximum atomic E-state index is 9.58. The van der Waals surface area contributed by atoms with Gasteiger partial charge in [0.1, 0.15) is 11.6 Å². The molecule has 0 saturated carbocycles. The molecule has 19 heavy (non-hydrogen) atoms. The topological polar surface area (TPSA) is 58.0 Å². The number of nitrogens with one attached hydrogen (secondary N) is 1. The van der Waals surface area contributed by atoms with E-state index < -0.39 is 0 Å². The molecule has 0 unspecified atom stereocenters. The van der Waals surface area contributed by atoms with Crippen LogP contribution in [-0.2, 0) is 6.54 Å². The second kappa shape index (κ2) is 4.94. The summed E-state index contributed by atoms with van der Waals surface area (Å²) in [5, 5.41) is 14.8. The van der Waals surface area contributed by atoms with Crippen molar-refractivity contribution in [2.45, 2.75) is 6.54 Å². The number of nitrogens with zero attached hydrogens (tertiary/aromatic N) is 2. The molecular weight excluding hydrogens is 238 g/mol. The third-order valence-corrected chi connectivity index (χ3v) is 2.96. The number of aromatic hydroxyl groups is 1. The molecule has 0 atom stereocenters. The standard InChI is InChI=1S/C15H13N3O/c19-13-2-1-12-5-8-17-15(14(12)9-13)18-10-11-3-6-16-7-4-11/h1-9,19H,10H2,(H,17,18). The van der Waals surface area contributed by atoms with Crippen LogP contribution >= 0.6 is 0 Å². The van der Waals surface area contributed by atoms with Gasteiger partial charge in [0.05, 0.1) is 0 Å². The number of anilines is 1. The van der Waals surface area contributed by atoms with Crippen molar-refractivity contribution < 1.29 is 5.11 Å². The van der Waals surface area contributed by atoms with Crippen molar-refractivity contribution in [3.63, 3.8) is 0 Å². The van der Waals surface area contributed by atoms with Crippen molar-refractivity contribution in [1.29, 1.82) is 0 Å². The van der Waals surface area contributed by atoms with Gasteiger partial charge in [0.25, 0.3) is 0 Å².